The third-order valence-electron chi connectivity index (χ3n) is 5.77. The Balaban J connectivity index is 1.42. The smallest absolute Gasteiger partial charge is 0.410 e. The third kappa shape index (κ3) is 5.01. The zero-order valence-corrected chi connectivity index (χ0v) is 18.6. The van der Waals surface area contributed by atoms with Gasteiger partial charge in [0, 0.05) is 50.5 Å². The van der Waals surface area contributed by atoms with Crippen molar-refractivity contribution in [3.05, 3.63) is 65.2 Å². The summed E-state index contributed by atoms with van der Waals surface area (Å²) < 4.78 is 5.49. The summed E-state index contributed by atoms with van der Waals surface area (Å²) in [4.78, 5) is 31.4. The van der Waals surface area contributed by atoms with Gasteiger partial charge in [-0.15, -0.1) is 0 Å². The van der Waals surface area contributed by atoms with Gasteiger partial charge in [-0.2, -0.15) is 0 Å². The van der Waals surface area contributed by atoms with Crippen molar-refractivity contribution in [1.82, 2.24) is 9.80 Å². The normalized spacial score (nSPS) is 16.9. The molecule has 31 heavy (non-hydrogen) atoms. The molecule has 0 aliphatic carbocycles. The molecule has 0 unspecified atom stereocenters. The first kappa shape index (κ1) is 21.2. The molecule has 0 aromatic heterocycles. The average Bonchev–Trinajstić information content (AvgIpc) is 2.75. The molecular weight excluding hydrogens is 390 g/mol. The van der Waals surface area contributed by atoms with Gasteiger partial charge in [-0.3, -0.25) is 4.79 Å². The summed E-state index contributed by atoms with van der Waals surface area (Å²) in [6.07, 6.45) is 0.616. The molecule has 2 amide bonds. The van der Waals surface area contributed by atoms with E-state index in [9.17, 15) is 9.59 Å². The van der Waals surface area contributed by atoms with Crippen LogP contribution in [0.4, 0.5) is 10.5 Å². The molecule has 0 N–H and O–H groups in total. The van der Waals surface area contributed by atoms with Crippen LogP contribution in [0.5, 0.6) is 0 Å². The van der Waals surface area contributed by atoms with E-state index in [-0.39, 0.29) is 12.0 Å². The van der Waals surface area contributed by atoms with E-state index in [1.54, 1.807) is 4.90 Å². The first-order valence-corrected chi connectivity index (χ1v) is 11.0. The number of carbonyl (C=O) groups excluding carboxylic acids is 2. The molecule has 164 valence electrons. The maximum absolute atomic E-state index is 13.2. The molecule has 0 spiro atoms. The van der Waals surface area contributed by atoms with Gasteiger partial charge in [-0.05, 0) is 50.5 Å². The maximum atomic E-state index is 13.2. The molecule has 0 atom stereocenters. The maximum Gasteiger partial charge on any atom is 0.410 e. The highest BCUT2D eigenvalue weighted by Gasteiger charge is 2.28. The van der Waals surface area contributed by atoms with Crippen LogP contribution in [-0.2, 0) is 17.7 Å². The van der Waals surface area contributed by atoms with Crippen LogP contribution in [-0.4, -0.2) is 60.1 Å². The minimum atomic E-state index is -0.487. The number of amides is 2. The van der Waals surface area contributed by atoms with Crippen LogP contribution < -0.4 is 4.90 Å². The molecule has 2 aliphatic rings. The SMILES string of the molecule is CC(C)(C)OC(=O)N1CCN(c2ccc3c(c2)C(=O)N(Cc2ccccc2)CC3)CC1. The predicted octanol–water partition coefficient (Wildman–Crippen LogP) is 3.94. The van der Waals surface area contributed by atoms with E-state index in [1.165, 1.54) is 0 Å². The van der Waals surface area contributed by atoms with Crippen LogP contribution in [0.15, 0.2) is 48.5 Å². The number of rotatable bonds is 3. The number of piperazine rings is 1. The van der Waals surface area contributed by atoms with E-state index in [1.807, 2.05) is 49.9 Å². The summed E-state index contributed by atoms with van der Waals surface area (Å²) in [7, 11) is 0. The molecule has 0 bridgehead atoms. The lowest BCUT2D eigenvalue weighted by molar-refractivity contribution is 0.0240. The standard InChI is InChI=1S/C25H31N3O3/c1-25(2,3)31-24(30)27-15-13-26(14-16-27)21-10-9-20-11-12-28(23(29)22(20)17-21)18-19-7-5-4-6-8-19/h4-10,17H,11-16,18H2,1-3H3. The number of hydrogen-bond acceptors (Lipinski definition) is 4. The second-order valence-corrected chi connectivity index (χ2v) is 9.26. The van der Waals surface area contributed by atoms with Gasteiger partial charge in [0.25, 0.3) is 5.91 Å². The fraction of sp³-hybridized carbons (Fsp3) is 0.440. The molecule has 4 rings (SSSR count). The Kier molecular flexibility index (Phi) is 5.90. The van der Waals surface area contributed by atoms with Crippen molar-refractivity contribution in [2.75, 3.05) is 37.6 Å². The lowest BCUT2D eigenvalue weighted by Gasteiger charge is -2.37. The number of fused-ring (bicyclic) bond motifs is 1. The third-order valence-corrected chi connectivity index (χ3v) is 5.77. The van der Waals surface area contributed by atoms with Gasteiger partial charge in [-0.25, -0.2) is 4.79 Å². The van der Waals surface area contributed by atoms with Gasteiger partial charge in [0.05, 0.1) is 0 Å². The van der Waals surface area contributed by atoms with Crippen molar-refractivity contribution in [2.45, 2.75) is 39.3 Å². The molecule has 2 heterocycles. The Morgan fingerprint density at radius 1 is 0.968 bits per heavy atom. The number of carbonyl (C=O) groups is 2. The molecule has 2 aromatic carbocycles. The summed E-state index contributed by atoms with van der Waals surface area (Å²) >= 11 is 0. The van der Waals surface area contributed by atoms with Crippen LogP contribution in [0.1, 0.15) is 42.3 Å². The van der Waals surface area contributed by atoms with Gasteiger partial charge < -0.3 is 19.4 Å². The molecule has 1 saturated heterocycles. The zero-order chi connectivity index (χ0) is 22.0. The van der Waals surface area contributed by atoms with Gasteiger partial charge in [0.1, 0.15) is 5.60 Å². The predicted molar refractivity (Wildman–Crippen MR) is 121 cm³/mol. The van der Waals surface area contributed by atoms with Crippen LogP contribution in [0.2, 0.25) is 0 Å². The minimum absolute atomic E-state index is 0.0966. The second kappa shape index (κ2) is 8.61. The van der Waals surface area contributed by atoms with Crippen LogP contribution in [0.3, 0.4) is 0 Å². The minimum Gasteiger partial charge on any atom is -0.444 e. The van der Waals surface area contributed by atoms with Crippen molar-refractivity contribution in [3.63, 3.8) is 0 Å². The van der Waals surface area contributed by atoms with E-state index in [4.69, 9.17) is 4.74 Å². The van der Waals surface area contributed by atoms with Crippen LogP contribution in [0, 0.1) is 0 Å². The first-order valence-electron chi connectivity index (χ1n) is 11.0. The van der Waals surface area contributed by atoms with E-state index in [0.29, 0.717) is 19.6 Å². The topological polar surface area (TPSA) is 53.1 Å². The summed E-state index contributed by atoms with van der Waals surface area (Å²) in [5, 5.41) is 0. The van der Waals surface area contributed by atoms with Crippen molar-refractivity contribution in [1.29, 1.82) is 0 Å². The molecule has 6 nitrogen and oxygen atoms in total. The van der Waals surface area contributed by atoms with E-state index < -0.39 is 5.60 Å². The first-order chi connectivity index (χ1) is 14.8. The summed E-state index contributed by atoms with van der Waals surface area (Å²) in [5.41, 5.74) is 3.62. The Labute approximate surface area is 184 Å². The second-order valence-electron chi connectivity index (χ2n) is 9.26. The van der Waals surface area contributed by atoms with Gasteiger partial charge in [-0.1, -0.05) is 36.4 Å². The Hall–Kier alpha value is -3.02. The highest BCUT2D eigenvalue weighted by molar-refractivity contribution is 5.97. The molecule has 2 aliphatic heterocycles. The summed E-state index contributed by atoms with van der Waals surface area (Å²) in [5.74, 6) is 0.0966. The van der Waals surface area contributed by atoms with Crippen LogP contribution >= 0.6 is 0 Å². The zero-order valence-electron chi connectivity index (χ0n) is 18.6. The van der Waals surface area contributed by atoms with E-state index >= 15 is 0 Å². The average molecular weight is 422 g/mol. The van der Waals surface area contributed by atoms with Crippen molar-refractivity contribution >= 4 is 17.7 Å². The number of anilines is 1. The highest BCUT2D eigenvalue weighted by Crippen LogP contribution is 2.27. The summed E-state index contributed by atoms with van der Waals surface area (Å²) in [6, 6.07) is 16.3. The molecule has 6 heteroatoms. The van der Waals surface area contributed by atoms with Crippen molar-refractivity contribution in [2.24, 2.45) is 0 Å². The number of hydrogen-bond donors (Lipinski definition) is 0. The fourth-order valence-electron chi connectivity index (χ4n) is 4.13. The molecular formula is C25H31N3O3. The van der Waals surface area contributed by atoms with Crippen LogP contribution in [0.25, 0.3) is 0 Å². The van der Waals surface area contributed by atoms with Gasteiger partial charge in [0.15, 0.2) is 0 Å². The lowest BCUT2D eigenvalue weighted by Crippen LogP contribution is -2.50. The van der Waals surface area contributed by atoms with Crippen molar-refractivity contribution in [3.8, 4) is 0 Å². The van der Waals surface area contributed by atoms with Gasteiger partial charge >= 0.3 is 6.09 Å². The quantitative estimate of drug-likeness (QED) is 0.753. The molecule has 2 aromatic rings. The number of nitrogens with zero attached hydrogens (tertiary/aromatic N) is 3. The molecule has 0 saturated carbocycles. The largest absolute Gasteiger partial charge is 0.444 e. The Bertz CT molecular complexity index is 944. The molecule has 0 radical (unpaired) electrons. The Morgan fingerprint density at radius 2 is 1.68 bits per heavy atom. The highest BCUT2D eigenvalue weighted by atomic mass is 16.6. The van der Waals surface area contributed by atoms with Gasteiger partial charge in [0.2, 0.25) is 0 Å². The van der Waals surface area contributed by atoms with E-state index in [0.717, 1.165) is 48.4 Å². The summed E-state index contributed by atoms with van der Waals surface area (Å²) in [6.45, 7) is 9.69. The Morgan fingerprint density at radius 3 is 2.35 bits per heavy atom. The lowest BCUT2D eigenvalue weighted by atomic mass is 9.97. The van der Waals surface area contributed by atoms with E-state index in [2.05, 4.69) is 29.2 Å². The number of ether oxygens (including phenoxy) is 1. The molecule has 1 fully saturated rings. The number of benzene rings is 2. The monoisotopic (exact) mass is 421 g/mol. The van der Waals surface area contributed by atoms with Crippen molar-refractivity contribution < 1.29 is 14.3 Å². The fourth-order valence-corrected chi connectivity index (χ4v) is 4.13.